The van der Waals surface area contributed by atoms with Crippen molar-refractivity contribution in [3.05, 3.63) is 96.8 Å². The molecule has 3 rings (SSSR count). The highest BCUT2D eigenvalue weighted by Crippen LogP contribution is 2.23. The number of hydrogen-bond donors (Lipinski definition) is 2. The van der Waals surface area contributed by atoms with Gasteiger partial charge in [-0.3, -0.25) is 9.59 Å². The quantitative estimate of drug-likeness (QED) is 0.618. The molecule has 2 aromatic carbocycles. The van der Waals surface area contributed by atoms with Crippen LogP contribution in [0.2, 0.25) is 15.1 Å². The molecule has 0 aliphatic rings. The van der Waals surface area contributed by atoms with Gasteiger partial charge in [0.1, 0.15) is 5.75 Å². The summed E-state index contributed by atoms with van der Waals surface area (Å²) in [6, 6.07) is 13.1. The van der Waals surface area contributed by atoms with Crippen LogP contribution in [-0.4, -0.2) is 15.6 Å². The number of nitrogens with one attached hydrogen (secondary N) is 1. The third-order valence-electron chi connectivity index (χ3n) is 4.08. The third-order valence-corrected chi connectivity index (χ3v) is 5.19. The molecule has 5 nitrogen and oxygen atoms in total. The van der Waals surface area contributed by atoms with E-state index < -0.39 is 17.2 Å². The van der Waals surface area contributed by atoms with Gasteiger partial charge in [-0.2, -0.15) is 0 Å². The van der Waals surface area contributed by atoms with Gasteiger partial charge in [0.15, 0.2) is 0 Å². The van der Waals surface area contributed by atoms with E-state index in [0.717, 1.165) is 17.2 Å². The molecule has 0 spiro atoms. The molecule has 0 saturated heterocycles. The van der Waals surface area contributed by atoms with Gasteiger partial charge in [-0.05, 0) is 29.3 Å². The maximum absolute atomic E-state index is 12.5. The Kier molecular flexibility index (Phi) is 6.29. The van der Waals surface area contributed by atoms with Crippen molar-refractivity contribution >= 4 is 40.7 Å². The van der Waals surface area contributed by atoms with Crippen molar-refractivity contribution in [2.75, 3.05) is 0 Å². The van der Waals surface area contributed by atoms with Crippen molar-refractivity contribution in [3.63, 3.8) is 0 Å². The van der Waals surface area contributed by atoms with Crippen LogP contribution < -0.4 is 10.9 Å². The molecule has 0 unspecified atom stereocenters. The van der Waals surface area contributed by atoms with Crippen LogP contribution in [0.25, 0.3) is 0 Å². The highest BCUT2D eigenvalue weighted by atomic mass is 35.5. The van der Waals surface area contributed by atoms with Gasteiger partial charge in [-0.25, -0.2) is 0 Å². The predicted molar refractivity (Wildman–Crippen MR) is 111 cm³/mol. The lowest BCUT2D eigenvalue weighted by Crippen LogP contribution is -2.27. The topological polar surface area (TPSA) is 71.3 Å². The maximum atomic E-state index is 12.5. The minimum Gasteiger partial charge on any atom is -0.507 e. The minimum atomic E-state index is -0.531. The highest BCUT2D eigenvalue weighted by Gasteiger charge is 2.15. The number of aromatic nitrogens is 1. The Morgan fingerprint density at radius 3 is 2.46 bits per heavy atom. The lowest BCUT2D eigenvalue weighted by Gasteiger charge is -2.12. The monoisotopic (exact) mass is 436 g/mol. The molecular formula is C20H15Cl3N2O3. The highest BCUT2D eigenvalue weighted by molar-refractivity contribution is 6.42. The SMILES string of the molecule is O=C(NCc1ccc(Cl)c(Cl)c1)c1cn(Cc2ccccc2Cl)c(=O)cc1O. The Bertz CT molecular complexity index is 1100. The van der Waals surface area contributed by atoms with E-state index in [9.17, 15) is 14.7 Å². The summed E-state index contributed by atoms with van der Waals surface area (Å²) in [5.74, 6) is -0.927. The normalized spacial score (nSPS) is 10.7. The molecule has 2 N–H and O–H groups in total. The summed E-state index contributed by atoms with van der Waals surface area (Å²) < 4.78 is 1.31. The summed E-state index contributed by atoms with van der Waals surface area (Å²) >= 11 is 18.0. The Balaban J connectivity index is 1.80. The van der Waals surface area contributed by atoms with Gasteiger partial charge in [0, 0.05) is 23.8 Å². The Morgan fingerprint density at radius 1 is 1.00 bits per heavy atom. The van der Waals surface area contributed by atoms with Crippen LogP contribution in [-0.2, 0) is 13.1 Å². The van der Waals surface area contributed by atoms with Crippen LogP contribution in [0.5, 0.6) is 5.75 Å². The number of pyridine rings is 1. The van der Waals surface area contributed by atoms with E-state index in [2.05, 4.69) is 5.32 Å². The van der Waals surface area contributed by atoms with E-state index in [4.69, 9.17) is 34.8 Å². The zero-order valence-electron chi connectivity index (χ0n) is 14.5. The van der Waals surface area contributed by atoms with Gasteiger partial charge in [0.05, 0.1) is 22.2 Å². The standard InChI is InChI=1S/C20H15Cl3N2O3/c21-15-4-2-1-3-13(15)10-25-11-14(18(26)8-19(25)27)20(28)24-9-12-5-6-16(22)17(23)7-12/h1-8,11,26H,9-10H2,(H,24,28). The van der Waals surface area contributed by atoms with Crippen molar-refractivity contribution in [2.45, 2.75) is 13.1 Å². The van der Waals surface area contributed by atoms with E-state index >= 15 is 0 Å². The number of aromatic hydroxyl groups is 1. The van der Waals surface area contributed by atoms with Crippen molar-refractivity contribution in [2.24, 2.45) is 0 Å². The Labute approximate surface area is 176 Å². The molecule has 144 valence electrons. The fourth-order valence-electron chi connectivity index (χ4n) is 2.60. The van der Waals surface area contributed by atoms with E-state index in [1.165, 1.54) is 10.8 Å². The summed E-state index contributed by atoms with van der Waals surface area (Å²) in [6.45, 7) is 0.352. The molecule has 0 radical (unpaired) electrons. The zero-order chi connectivity index (χ0) is 20.3. The molecule has 0 fully saturated rings. The van der Waals surface area contributed by atoms with Crippen LogP contribution in [0.3, 0.4) is 0 Å². The van der Waals surface area contributed by atoms with E-state index in [-0.39, 0.29) is 18.7 Å². The first-order valence-corrected chi connectivity index (χ1v) is 9.37. The van der Waals surface area contributed by atoms with Gasteiger partial charge in [-0.1, -0.05) is 59.1 Å². The third kappa shape index (κ3) is 4.68. The molecule has 0 bridgehead atoms. The average molecular weight is 438 g/mol. The number of halogens is 3. The predicted octanol–water partition coefficient (Wildman–Crippen LogP) is 4.49. The van der Waals surface area contributed by atoms with E-state index in [1.807, 2.05) is 0 Å². The number of carbonyl (C=O) groups excluding carboxylic acids is 1. The lowest BCUT2D eigenvalue weighted by molar-refractivity contribution is 0.0947. The molecule has 0 aliphatic carbocycles. The Morgan fingerprint density at radius 2 is 1.75 bits per heavy atom. The van der Waals surface area contributed by atoms with E-state index in [1.54, 1.807) is 42.5 Å². The second kappa shape index (κ2) is 8.69. The molecule has 0 atom stereocenters. The smallest absolute Gasteiger partial charge is 0.256 e. The van der Waals surface area contributed by atoms with Crippen LogP contribution >= 0.6 is 34.8 Å². The maximum Gasteiger partial charge on any atom is 0.256 e. The summed E-state index contributed by atoms with van der Waals surface area (Å²) in [5, 5.41) is 14.0. The van der Waals surface area contributed by atoms with Crippen LogP contribution in [0, 0.1) is 0 Å². The largest absolute Gasteiger partial charge is 0.507 e. The summed E-state index contributed by atoms with van der Waals surface area (Å²) in [5.41, 5.74) is 0.996. The van der Waals surface area contributed by atoms with Gasteiger partial charge < -0.3 is 15.0 Å². The van der Waals surface area contributed by atoms with Gasteiger partial charge in [0.25, 0.3) is 11.5 Å². The van der Waals surface area contributed by atoms with Crippen molar-refractivity contribution in [1.29, 1.82) is 0 Å². The molecule has 3 aromatic rings. The summed E-state index contributed by atoms with van der Waals surface area (Å²) in [7, 11) is 0. The van der Waals surface area contributed by atoms with Crippen molar-refractivity contribution < 1.29 is 9.90 Å². The summed E-state index contributed by atoms with van der Waals surface area (Å²) in [4.78, 5) is 24.7. The first kappa shape index (κ1) is 20.3. The second-order valence-corrected chi connectivity index (χ2v) is 7.28. The average Bonchev–Trinajstić information content (AvgIpc) is 2.66. The molecular weight excluding hydrogens is 423 g/mol. The number of rotatable bonds is 5. The molecule has 1 heterocycles. The number of benzene rings is 2. The number of carbonyl (C=O) groups is 1. The first-order chi connectivity index (χ1) is 13.3. The lowest BCUT2D eigenvalue weighted by atomic mass is 10.2. The number of hydrogen-bond acceptors (Lipinski definition) is 3. The van der Waals surface area contributed by atoms with Gasteiger partial charge in [0.2, 0.25) is 0 Å². The minimum absolute atomic E-state index is 0.0216. The zero-order valence-corrected chi connectivity index (χ0v) is 16.7. The summed E-state index contributed by atoms with van der Waals surface area (Å²) in [6.07, 6.45) is 1.31. The van der Waals surface area contributed by atoms with Crippen LogP contribution in [0.1, 0.15) is 21.5 Å². The molecule has 1 aromatic heterocycles. The van der Waals surface area contributed by atoms with Gasteiger partial charge in [-0.15, -0.1) is 0 Å². The molecule has 8 heteroatoms. The second-order valence-electron chi connectivity index (χ2n) is 6.06. The van der Waals surface area contributed by atoms with Crippen LogP contribution in [0.4, 0.5) is 0 Å². The van der Waals surface area contributed by atoms with Gasteiger partial charge >= 0.3 is 0 Å². The fraction of sp³-hybridized carbons (Fsp3) is 0.100. The number of nitrogens with zero attached hydrogens (tertiary/aromatic N) is 1. The Hall–Kier alpha value is -2.47. The van der Waals surface area contributed by atoms with Crippen LogP contribution in [0.15, 0.2) is 59.5 Å². The molecule has 1 amide bonds. The van der Waals surface area contributed by atoms with E-state index in [0.29, 0.717) is 15.1 Å². The van der Waals surface area contributed by atoms with Crippen molar-refractivity contribution in [1.82, 2.24) is 9.88 Å². The molecule has 0 aliphatic heterocycles. The fourth-order valence-corrected chi connectivity index (χ4v) is 3.12. The van der Waals surface area contributed by atoms with Crippen molar-refractivity contribution in [3.8, 4) is 5.75 Å². The number of amides is 1. The first-order valence-electron chi connectivity index (χ1n) is 8.24. The molecule has 0 saturated carbocycles. The molecule has 28 heavy (non-hydrogen) atoms.